The molecular formula is C22H20N2O4. The average molecular weight is 376 g/mol. The first kappa shape index (κ1) is 18.0. The lowest BCUT2D eigenvalue weighted by molar-refractivity contribution is -0.144. The van der Waals surface area contributed by atoms with E-state index in [9.17, 15) is 9.59 Å². The number of aromatic nitrogens is 1. The molecule has 3 aromatic rings. The summed E-state index contributed by atoms with van der Waals surface area (Å²) in [6.45, 7) is -0.177. The molecule has 0 fully saturated rings. The number of carbonyl (C=O) groups is 2. The molecule has 142 valence electrons. The molecule has 2 heterocycles. The van der Waals surface area contributed by atoms with E-state index in [1.165, 1.54) is 12.0 Å². The number of hydrogen-bond acceptors (Lipinski definition) is 5. The Morgan fingerprint density at radius 2 is 2.00 bits per heavy atom. The third-order valence-corrected chi connectivity index (χ3v) is 4.98. The average Bonchev–Trinajstić information content (AvgIpc) is 2.76. The zero-order chi connectivity index (χ0) is 19.5. The maximum atomic E-state index is 13.1. The topological polar surface area (TPSA) is 68.7 Å². The number of amides is 1. The fourth-order valence-corrected chi connectivity index (χ4v) is 3.64. The number of rotatable bonds is 4. The van der Waals surface area contributed by atoms with Crippen molar-refractivity contribution in [3.63, 3.8) is 0 Å². The fraction of sp³-hybridized carbons (Fsp3) is 0.227. The van der Waals surface area contributed by atoms with Crippen molar-refractivity contribution in [1.82, 2.24) is 4.98 Å². The summed E-state index contributed by atoms with van der Waals surface area (Å²) in [6.07, 6.45) is 4.68. The van der Waals surface area contributed by atoms with Crippen LogP contribution in [0.1, 0.15) is 12.0 Å². The number of pyridine rings is 1. The highest BCUT2D eigenvalue weighted by molar-refractivity contribution is 6.01. The maximum absolute atomic E-state index is 13.1. The Labute approximate surface area is 162 Å². The zero-order valence-electron chi connectivity index (χ0n) is 15.5. The van der Waals surface area contributed by atoms with Crippen LogP contribution in [0.25, 0.3) is 10.8 Å². The summed E-state index contributed by atoms with van der Waals surface area (Å²) in [5.74, 6) is -0.0964. The molecule has 2 aromatic carbocycles. The van der Waals surface area contributed by atoms with Gasteiger partial charge in [-0.1, -0.05) is 30.3 Å². The van der Waals surface area contributed by atoms with Crippen LogP contribution in [-0.2, 0) is 20.7 Å². The second-order valence-electron chi connectivity index (χ2n) is 6.61. The molecule has 1 aliphatic heterocycles. The Hall–Kier alpha value is -3.41. The molecule has 0 N–H and O–H groups in total. The first-order valence-corrected chi connectivity index (χ1v) is 9.12. The van der Waals surface area contributed by atoms with Crippen LogP contribution in [-0.4, -0.2) is 36.6 Å². The molecule has 1 atom stereocenters. The van der Waals surface area contributed by atoms with Gasteiger partial charge in [-0.05, 0) is 36.6 Å². The number of carbonyl (C=O) groups excluding carboxylic acids is 2. The second-order valence-corrected chi connectivity index (χ2v) is 6.61. The van der Waals surface area contributed by atoms with E-state index in [0.717, 1.165) is 28.4 Å². The van der Waals surface area contributed by atoms with Crippen LogP contribution in [0, 0.1) is 0 Å². The van der Waals surface area contributed by atoms with Crippen molar-refractivity contribution in [3.8, 4) is 5.75 Å². The van der Waals surface area contributed by atoms with E-state index >= 15 is 0 Å². The van der Waals surface area contributed by atoms with Gasteiger partial charge in [-0.25, -0.2) is 4.79 Å². The molecule has 0 saturated heterocycles. The van der Waals surface area contributed by atoms with Crippen LogP contribution in [0.3, 0.4) is 0 Å². The van der Waals surface area contributed by atoms with Crippen molar-refractivity contribution >= 4 is 28.3 Å². The SMILES string of the molecule is COC(=O)C1CCc2ccccc2N1C(=O)COc1cccc2cnccc12. The summed E-state index contributed by atoms with van der Waals surface area (Å²) < 4.78 is 10.8. The maximum Gasteiger partial charge on any atom is 0.328 e. The van der Waals surface area contributed by atoms with E-state index in [2.05, 4.69) is 4.98 Å². The van der Waals surface area contributed by atoms with E-state index in [1.54, 1.807) is 12.4 Å². The van der Waals surface area contributed by atoms with Crippen LogP contribution in [0.5, 0.6) is 5.75 Å². The van der Waals surface area contributed by atoms with Crippen molar-refractivity contribution in [2.75, 3.05) is 18.6 Å². The van der Waals surface area contributed by atoms with Gasteiger partial charge in [-0.2, -0.15) is 0 Å². The second kappa shape index (κ2) is 7.68. The van der Waals surface area contributed by atoms with Crippen molar-refractivity contribution in [3.05, 3.63) is 66.5 Å². The van der Waals surface area contributed by atoms with Crippen LogP contribution in [0.15, 0.2) is 60.9 Å². The van der Waals surface area contributed by atoms with Gasteiger partial charge < -0.3 is 9.47 Å². The quantitative estimate of drug-likeness (QED) is 0.655. The highest BCUT2D eigenvalue weighted by Gasteiger charge is 2.36. The molecule has 0 radical (unpaired) electrons. The largest absolute Gasteiger partial charge is 0.483 e. The monoisotopic (exact) mass is 376 g/mol. The number of fused-ring (bicyclic) bond motifs is 2. The number of anilines is 1. The first-order chi connectivity index (χ1) is 13.7. The molecule has 0 spiro atoms. The van der Waals surface area contributed by atoms with E-state index in [1.807, 2.05) is 48.5 Å². The predicted molar refractivity (Wildman–Crippen MR) is 105 cm³/mol. The van der Waals surface area contributed by atoms with Crippen LogP contribution >= 0.6 is 0 Å². The molecule has 0 bridgehead atoms. The minimum Gasteiger partial charge on any atom is -0.483 e. The van der Waals surface area contributed by atoms with Crippen molar-refractivity contribution in [1.29, 1.82) is 0 Å². The van der Waals surface area contributed by atoms with E-state index in [0.29, 0.717) is 12.2 Å². The van der Waals surface area contributed by atoms with Gasteiger partial charge in [-0.15, -0.1) is 0 Å². The van der Waals surface area contributed by atoms with Crippen molar-refractivity contribution in [2.24, 2.45) is 0 Å². The third-order valence-electron chi connectivity index (χ3n) is 4.98. The molecule has 4 rings (SSSR count). The lowest BCUT2D eigenvalue weighted by Gasteiger charge is -2.35. The van der Waals surface area contributed by atoms with Gasteiger partial charge in [-0.3, -0.25) is 14.7 Å². The molecule has 1 aromatic heterocycles. The van der Waals surface area contributed by atoms with E-state index < -0.39 is 12.0 Å². The number of hydrogen-bond donors (Lipinski definition) is 0. The number of para-hydroxylation sites is 1. The number of aryl methyl sites for hydroxylation is 1. The minimum absolute atomic E-state index is 0.177. The highest BCUT2D eigenvalue weighted by Crippen LogP contribution is 2.32. The highest BCUT2D eigenvalue weighted by atomic mass is 16.5. The molecule has 1 aliphatic rings. The van der Waals surface area contributed by atoms with Gasteiger partial charge in [0.05, 0.1) is 7.11 Å². The number of methoxy groups -OCH3 is 1. The van der Waals surface area contributed by atoms with Gasteiger partial charge in [0.2, 0.25) is 0 Å². The molecule has 6 heteroatoms. The first-order valence-electron chi connectivity index (χ1n) is 9.12. The Morgan fingerprint density at radius 3 is 2.86 bits per heavy atom. The summed E-state index contributed by atoms with van der Waals surface area (Å²) >= 11 is 0. The molecule has 1 unspecified atom stereocenters. The molecule has 28 heavy (non-hydrogen) atoms. The van der Waals surface area contributed by atoms with Crippen LogP contribution in [0.4, 0.5) is 5.69 Å². The fourth-order valence-electron chi connectivity index (χ4n) is 3.64. The van der Waals surface area contributed by atoms with E-state index in [-0.39, 0.29) is 12.5 Å². The molecular weight excluding hydrogens is 356 g/mol. The van der Waals surface area contributed by atoms with E-state index in [4.69, 9.17) is 9.47 Å². The molecule has 0 saturated carbocycles. The number of ether oxygens (including phenoxy) is 2. The Morgan fingerprint density at radius 1 is 1.14 bits per heavy atom. The van der Waals surface area contributed by atoms with Gasteiger partial charge >= 0.3 is 5.97 Å². The summed E-state index contributed by atoms with van der Waals surface area (Å²) in [5.41, 5.74) is 1.77. The predicted octanol–water partition coefficient (Wildman–Crippen LogP) is 3.13. The van der Waals surface area contributed by atoms with Crippen molar-refractivity contribution < 1.29 is 19.1 Å². The summed E-state index contributed by atoms with van der Waals surface area (Å²) in [5, 5.41) is 1.82. The Balaban J connectivity index is 1.60. The molecule has 1 amide bonds. The number of nitrogens with zero attached hydrogens (tertiary/aromatic N) is 2. The van der Waals surface area contributed by atoms with Crippen LogP contribution < -0.4 is 9.64 Å². The van der Waals surface area contributed by atoms with Crippen LogP contribution in [0.2, 0.25) is 0 Å². The Kier molecular flexibility index (Phi) is 4.93. The number of esters is 1. The lowest BCUT2D eigenvalue weighted by atomic mass is 9.95. The normalized spacial score (nSPS) is 15.8. The minimum atomic E-state index is -0.646. The Bertz CT molecular complexity index is 1030. The number of benzene rings is 2. The van der Waals surface area contributed by atoms with Gasteiger partial charge in [0.25, 0.3) is 5.91 Å². The zero-order valence-corrected chi connectivity index (χ0v) is 15.5. The van der Waals surface area contributed by atoms with Gasteiger partial charge in [0, 0.05) is 28.9 Å². The molecule has 0 aliphatic carbocycles. The summed E-state index contributed by atoms with van der Waals surface area (Å²) in [6, 6.07) is 14.4. The standard InChI is InChI=1S/C22H20N2O4/c1-27-22(26)19-10-9-15-5-2-3-7-18(15)24(19)21(25)14-28-20-8-4-6-16-13-23-12-11-17(16)20/h2-8,11-13,19H,9-10,14H2,1H3. The van der Waals surface area contributed by atoms with Gasteiger partial charge in [0.15, 0.2) is 6.61 Å². The summed E-state index contributed by atoms with van der Waals surface area (Å²) in [4.78, 5) is 31.0. The summed E-state index contributed by atoms with van der Waals surface area (Å²) in [7, 11) is 1.34. The molecule has 6 nitrogen and oxygen atoms in total. The third kappa shape index (κ3) is 3.29. The van der Waals surface area contributed by atoms with Crippen molar-refractivity contribution in [2.45, 2.75) is 18.9 Å². The lowest BCUT2D eigenvalue weighted by Crippen LogP contribution is -2.50. The smallest absolute Gasteiger partial charge is 0.328 e. The van der Waals surface area contributed by atoms with Gasteiger partial charge in [0.1, 0.15) is 11.8 Å².